The summed E-state index contributed by atoms with van der Waals surface area (Å²) in [4.78, 5) is 26.8. The van der Waals surface area contributed by atoms with Crippen molar-refractivity contribution in [2.24, 2.45) is 11.8 Å². The zero-order valence-electron chi connectivity index (χ0n) is 25.8. The van der Waals surface area contributed by atoms with Crippen molar-refractivity contribution in [3.63, 3.8) is 0 Å². The second kappa shape index (κ2) is 11.1. The first-order chi connectivity index (χ1) is 22.6. The van der Waals surface area contributed by atoms with Crippen molar-refractivity contribution in [2.45, 2.75) is 74.4 Å². The number of carbonyl (C=O) groups excluding carboxylic acids is 2. The topological polar surface area (TPSA) is 96.0 Å². The molecule has 10 nitrogen and oxygen atoms in total. The maximum Gasteiger partial charge on any atom is 0.443 e. The van der Waals surface area contributed by atoms with Gasteiger partial charge in [0.1, 0.15) is 12.1 Å². The van der Waals surface area contributed by atoms with Crippen molar-refractivity contribution in [2.75, 3.05) is 26.4 Å². The molecule has 6 aliphatic rings. The van der Waals surface area contributed by atoms with Crippen molar-refractivity contribution in [1.82, 2.24) is 9.80 Å². The summed E-state index contributed by atoms with van der Waals surface area (Å²) in [6.45, 7) is 3.50. The third kappa shape index (κ3) is 4.49. The Morgan fingerprint density at radius 3 is 1.19 bits per heavy atom. The Morgan fingerprint density at radius 1 is 0.583 bits per heavy atom. The first kappa shape index (κ1) is 33.2. The van der Waals surface area contributed by atoms with Gasteiger partial charge in [-0.15, -0.1) is 0 Å². The van der Waals surface area contributed by atoms with Crippen LogP contribution >= 0.6 is 0 Å². The number of nitrogens with zero attached hydrogens (tertiary/aromatic N) is 2. The Balaban J connectivity index is 0.000000152. The summed E-state index contributed by atoms with van der Waals surface area (Å²) in [5.74, 6) is -7.11. The Hall–Kier alpha value is -3.28. The van der Waals surface area contributed by atoms with Gasteiger partial charge in [0.15, 0.2) is 0 Å². The standard InChI is InChI=1S/2C16H16F3NO4/c2*1-10-9-14(22-7-8-23-14)20-12(11-5-3-2-4-6-11)13(21)24-15(10,20)16(17,18)19/h2*2-6,10,12H,7-9H2,1H3/t2*10-,12-,15-/m00/s1. The molecule has 0 N–H and O–H groups in total. The van der Waals surface area contributed by atoms with Crippen LogP contribution in [0.1, 0.15) is 49.9 Å². The minimum atomic E-state index is -4.77. The Morgan fingerprint density at radius 2 is 0.896 bits per heavy atom. The number of ether oxygens (including phenoxy) is 6. The summed E-state index contributed by atoms with van der Waals surface area (Å²) >= 11 is 0. The number of alkyl halides is 6. The molecule has 16 heteroatoms. The van der Waals surface area contributed by atoms with E-state index in [-0.39, 0.29) is 39.3 Å². The molecule has 2 aromatic rings. The number of rotatable bonds is 2. The molecule has 6 heterocycles. The molecule has 2 aromatic carbocycles. The molecule has 6 fully saturated rings. The predicted molar refractivity (Wildman–Crippen MR) is 149 cm³/mol. The van der Waals surface area contributed by atoms with Gasteiger partial charge >= 0.3 is 24.3 Å². The van der Waals surface area contributed by atoms with Gasteiger partial charge in [-0.25, -0.2) is 9.59 Å². The summed E-state index contributed by atoms with van der Waals surface area (Å²) in [5.41, 5.74) is -4.65. The molecule has 8 rings (SSSR count). The summed E-state index contributed by atoms with van der Waals surface area (Å²) in [6, 6.07) is 14.1. The second-order valence-electron chi connectivity index (χ2n) is 12.6. The highest BCUT2D eigenvalue weighted by atomic mass is 19.4. The van der Waals surface area contributed by atoms with Crippen molar-refractivity contribution in [3.05, 3.63) is 71.8 Å². The molecule has 48 heavy (non-hydrogen) atoms. The molecule has 0 amide bonds. The summed E-state index contributed by atoms with van der Waals surface area (Å²) < 4.78 is 116. The van der Waals surface area contributed by atoms with Crippen LogP contribution in [0, 0.1) is 11.8 Å². The van der Waals surface area contributed by atoms with Gasteiger partial charge in [-0.05, 0) is 11.1 Å². The lowest BCUT2D eigenvalue weighted by molar-refractivity contribution is -0.348. The van der Waals surface area contributed by atoms with Crippen LogP contribution in [-0.2, 0) is 38.0 Å². The lowest BCUT2D eigenvalue weighted by atomic mass is 9.97. The van der Waals surface area contributed by atoms with Crippen LogP contribution in [0.4, 0.5) is 26.3 Å². The molecule has 2 spiro atoms. The first-order valence-corrected chi connectivity index (χ1v) is 15.5. The maximum atomic E-state index is 14.0. The molecule has 6 saturated heterocycles. The highest BCUT2D eigenvalue weighted by Gasteiger charge is 2.82. The van der Waals surface area contributed by atoms with E-state index in [1.807, 2.05) is 0 Å². The zero-order chi connectivity index (χ0) is 34.3. The van der Waals surface area contributed by atoms with Gasteiger partial charge in [-0.2, -0.15) is 36.1 Å². The molecular weight excluding hydrogens is 654 g/mol. The van der Waals surface area contributed by atoms with Crippen LogP contribution in [-0.4, -0.2) is 83.8 Å². The van der Waals surface area contributed by atoms with Gasteiger partial charge in [-0.1, -0.05) is 74.5 Å². The van der Waals surface area contributed by atoms with Gasteiger partial charge in [0, 0.05) is 24.7 Å². The third-order valence-corrected chi connectivity index (χ3v) is 9.91. The van der Waals surface area contributed by atoms with E-state index in [0.29, 0.717) is 11.1 Å². The summed E-state index contributed by atoms with van der Waals surface area (Å²) in [7, 11) is 0. The highest BCUT2D eigenvalue weighted by molar-refractivity contribution is 5.81. The largest absolute Gasteiger partial charge is 0.443 e. The normalized spacial score (nSPS) is 35.4. The van der Waals surface area contributed by atoms with Gasteiger partial charge in [-0.3, -0.25) is 0 Å². The lowest BCUT2D eigenvalue weighted by Gasteiger charge is -2.40. The predicted octanol–water partition coefficient (Wildman–Crippen LogP) is 5.17. The van der Waals surface area contributed by atoms with E-state index >= 15 is 0 Å². The average molecular weight is 687 g/mol. The van der Waals surface area contributed by atoms with E-state index in [9.17, 15) is 35.9 Å². The molecular formula is C32H32F6N2O8. The van der Waals surface area contributed by atoms with Gasteiger partial charge in [0.05, 0.1) is 26.4 Å². The molecule has 260 valence electrons. The highest BCUT2D eigenvalue weighted by Crippen LogP contribution is 2.63. The molecule has 0 aliphatic carbocycles. The Labute approximate surface area is 270 Å². The number of carbonyl (C=O) groups is 2. The fourth-order valence-electron chi connectivity index (χ4n) is 8.12. The van der Waals surface area contributed by atoms with Crippen LogP contribution in [0.25, 0.3) is 0 Å². The molecule has 0 radical (unpaired) electrons. The molecule has 6 atom stereocenters. The number of esters is 2. The number of hydrogen-bond donors (Lipinski definition) is 0. The number of halogens is 6. The van der Waals surface area contributed by atoms with Gasteiger partial charge in [0.2, 0.25) is 11.8 Å². The fraction of sp³-hybridized carbons (Fsp3) is 0.562. The zero-order valence-corrected chi connectivity index (χ0v) is 25.8. The SMILES string of the molecule is C[C@H]1CC2(OCCO2)N2[C@@H](c3ccccc3)C(=O)O[C@]12C(F)(F)F.C[C@H]1CC2(OCCO2)N2[C@@H](c3ccccc3)C(=O)O[C@]12C(F)(F)F. The van der Waals surface area contributed by atoms with E-state index < -0.39 is 71.5 Å². The Kier molecular flexibility index (Phi) is 7.70. The molecule has 0 unspecified atom stereocenters. The average Bonchev–Trinajstić information content (AvgIpc) is 3.86. The Bertz CT molecular complexity index is 1430. The van der Waals surface area contributed by atoms with Crippen LogP contribution in [0.15, 0.2) is 60.7 Å². The summed E-state index contributed by atoms with van der Waals surface area (Å²) in [6.07, 6.45) is -9.60. The van der Waals surface area contributed by atoms with Crippen molar-refractivity contribution in [3.8, 4) is 0 Å². The van der Waals surface area contributed by atoms with Crippen LogP contribution in [0.2, 0.25) is 0 Å². The number of hydrogen-bond acceptors (Lipinski definition) is 10. The van der Waals surface area contributed by atoms with E-state index in [0.717, 1.165) is 9.80 Å². The molecule has 0 saturated carbocycles. The quantitative estimate of drug-likeness (QED) is 0.311. The number of benzene rings is 2. The van der Waals surface area contributed by atoms with Gasteiger partial charge < -0.3 is 28.4 Å². The van der Waals surface area contributed by atoms with E-state index in [1.165, 1.54) is 13.8 Å². The smallest absolute Gasteiger partial charge is 0.432 e. The first-order valence-electron chi connectivity index (χ1n) is 15.5. The van der Waals surface area contributed by atoms with Crippen LogP contribution in [0.3, 0.4) is 0 Å². The van der Waals surface area contributed by atoms with Crippen molar-refractivity contribution in [1.29, 1.82) is 0 Å². The molecule has 0 aromatic heterocycles. The minimum Gasteiger partial charge on any atom is -0.432 e. The molecule has 0 bridgehead atoms. The van der Waals surface area contributed by atoms with Gasteiger partial charge in [0.25, 0.3) is 11.4 Å². The molecule has 6 aliphatic heterocycles. The fourth-order valence-corrected chi connectivity index (χ4v) is 8.12. The van der Waals surface area contributed by atoms with E-state index in [1.54, 1.807) is 60.7 Å². The number of fused-ring (bicyclic) bond motifs is 4. The van der Waals surface area contributed by atoms with E-state index in [4.69, 9.17) is 28.4 Å². The maximum absolute atomic E-state index is 14.0. The van der Waals surface area contributed by atoms with Crippen LogP contribution < -0.4 is 0 Å². The van der Waals surface area contributed by atoms with Crippen LogP contribution in [0.5, 0.6) is 0 Å². The van der Waals surface area contributed by atoms with Crippen molar-refractivity contribution >= 4 is 11.9 Å². The van der Waals surface area contributed by atoms with Crippen molar-refractivity contribution < 1.29 is 64.4 Å². The summed E-state index contributed by atoms with van der Waals surface area (Å²) in [5, 5.41) is 0. The lowest BCUT2D eigenvalue weighted by Crippen LogP contribution is -2.61. The second-order valence-corrected chi connectivity index (χ2v) is 12.6. The van der Waals surface area contributed by atoms with E-state index in [2.05, 4.69) is 0 Å². The third-order valence-electron chi connectivity index (χ3n) is 9.91. The minimum absolute atomic E-state index is 0.0247. The monoisotopic (exact) mass is 686 g/mol.